The Labute approximate surface area is 110 Å². The summed E-state index contributed by atoms with van der Waals surface area (Å²) in [6.45, 7) is 1.96. The van der Waals surface area contributed by atoms with E-state index in [2.05, 4.69) is 10.1 Å². The van der Waals surface area contributed by atoms with Crippen LogP contribution in [0.25, 0.3) is 11.4 Å². The molecule has 0 aliphatic rings. The maximum Gasteiger partial charge on any atom is 0.226 e. The molecule has 0 saturated heterocycles. The van der Waals surface area contributed by atoms with Crippen LogP contribution >= 0.6 is 0 Å². The van der Waals surface area contributed by atoms with Gasteiger partial charge in [-0.1, -0.05) is 5.16 Å². The minimum Gasteiger partial charge on any atom is -0.504 e. The fourth-order valence-electron chi connectivity index (χ4n) is 1.71. The summed E-state index contributed by atoms with van der Waals surface area (Å²) in [5.74, 6) is 0.555. The number of aromatic nitrogens is 2. The van der Waals surface area contributed by atoms with Crippen molar-refractivity contribution in [3.8, 4) is 22.9 Å². The predicted molar refractivity (Wildman–Crippen MR) is 69.7 cm³/mol. The maximum absolute atomic E-state index is 9.42. The number of hydrogen-bond acceptors (Lipinski definition) is 6. The van der Waals surface area contributed by atoms with Crippen molar-refractivity contribution in [2.24, 2.45) is 5.73 Å². The Morgan fingerprint density at radius 3 is 2.79 bits per heavy atom. The smallest absolute Gasteiger partial charge is 0.226 e. The Morgan fingerprint density at radius 1 is 1.32 bits per heavy atom. The summed E-state index contributed by atoms with van der Waals surface area (Å²) in [4.78, 5) is 4.24. The molecule has 6 nitrogen and oxygen atoms in total. The molecule has 102 valence electrons. The number of nitrogens with zero attached hydrogens (tertiary/aromatic N) is 2. The molecule has 1 atom stereocenters. The van der Waals surface area contributed by atoms with Gasteiger partial charge in [-0.25, -0.2) is 0 Å². The summed E-state index contributed by atoms with van der Waals surface area (Å²) in [5, 5.41) is 22.5. The van der Waals surface area contributed by atoms with Crippen LogP contribution in [-0.2, 0) is 6.42 Å². The molecule has 0 amide bonds. The van der Waals surface area contributed by atoms with E-state index in [9.17, 15) is 10.2 Å². The molecule has 6 heteroatoms. The highest BCUT2D eigenvalue weighted by atomic mass is 16.5. The van der Waals surface area contributed by atoms with Gasteiger partial charge in [-0.3, -0.25) is 0 Å². The third-order valence-electron chi connectivity index (χ3n) is 2.75. The number of phenols is 2. The van der Waals surface area contributed by atoms with E-state index >= 15 is 0 Å². The number of hydrogen-bond donors (Lipinski definition) is 3. The Hall–Kier alpha value is -2.08. The molecule has 0 radical (unpaired) electrons. The largest absolute Gasteiger partial charge is 0.504 e. The SMILES string of the molecule is CC(N)CCCc1nc(-c2ccc(O)c(O)c2)no1. The molecule has 0 aliphatic carbocycles. The number of rotatable bonds is 5. The van der Waals surface area contributed by atoms with Gasteiger partial charge in [0.15, 0.2) is 11.5 Å². The number of benzene rings is 1. The van der Waals surface area contributed by atoms with E-state index in [1.807, 2.05) is 6.92 Å². The molecule has 1 aromatic carbocycles. The van der Waals surface area contributed by atoms with Crippen molar-refractivity contribution >= 4 is 0 Å². The molecule has 1 aromatic heterocycles. The van der Waals surface area contributed by atoms with Crippen molar-refractivity contribution in [3.05, 3.63) is 24.1 Å². The summed E-state index contributed by atoms with van der Waals surface area (Å²) < 4.78 is 5.12. The minimum atomic E-state index is -0.208. The van der Waals surface area contributed by atoms with E-state index in [-0.39, 0.29) is 17.5 Å². The second kappa shape index (κ2) is 5.71. The molecule has 1 unspecified atom stereocenters. The van der Waals surface area contributed by atoms with Gasteiger partial charge in [-0.2, -0.15) is 4.98 Å². The van der Waals surface area contributed by atoms with Gasteiger partial charge >= 0.3 is 0 Å². The lowest BCUT2D eigenvalue weighted by atomic mass is 10.1. The molecule has 4 N–H and O–H groups in total. The fraction of sp³-hybridized carbons (Fsp3) is 0.385. The Bertz CT molecular complexity index is 552. The summed E-state index contributed by atoms with van der Waals surface area (Å²) in [7, 11) is 0. The first kappa shape index (κ1) is 13.4. The zero-order chi connectivity index (χ0) is 13.8. The molecule has 2 aromatic rings. The van der Waals surface area contributed by atoms with E-state index in [4.69, 9.17) is 10.3 Å². The van der Waals surface area contributed by atoms with Gasteiger partial charge in [0.1, 0.15) is 0 Å². The van der Waals surface area contributed by atoms with Gasteiger partial charge in [-0.05, 0) is 38.0 Å². The van der Waals surface area contributed by atoms with Crippen LogP contribution in [0.4, 0.5) is 0 Å². The molecule has 2 rings (SSSR count). The van der Waals surface area contributed by atoms with E-state index in [0.717, 1.165) is 12.8 Å². The van der Waals surface area contributed by atoms with Crippen LogP contribution in [0.3, 0.4) is 0 Å². The molecular formula is C13H17N3O3. The van der Waals surface area contributed by atoms with Crippen LogP contribution in [0.2, 0.25) is 0 Å². The van der Waals surface area contributed by atoms with Gasteiger partial charge in [0.05, 0.1) is 0 Å². The van der Waals surface area contributed by atoms with Crippen LogP contribution in [0.5, 0.6) is 11.5 Å². The molecular weight excluding hydrogens is 246 g/mol. The normalized spacial score (nSPS) is 12.5. The average Bonchev–Trinajstić information content (AvgIpc) is 2.81. The highest BCUT2D eigenvalue weighted by molar-refractivity contribution is 5.59. The zero-order valence-corrected chi connectivity index (χ0v) is 10.7. The standard InChI is InChI=1S/C13H17N3O3/c1-8(14)3-2-4-12-15-13(16-19-12)9-5-6-10(17)11(18)7-9/h5-8,17-18H,2-4,14H2,1H3. The summed E-state index contributed by atoms with van der Waals surface area (Å²) in [6, 6.07) is 4.56. The van der Waals surface area contributed by atoms with E-state index < -0.39 is 0 Å². The van der Waals surface area contributed by atoms with Crippen LogP contribution in [0.15, 0.2) is 22.7 Å². The van der Waals surface area contributed by atoms with E-state index in [1.165, 1.54) is 12.1 Å². The van der Waals surface area contributed by atoms with Crippen LogP contribution < -0.4 is 5.73 Å². The van der Waals surface area contributed by atoms with Crippen LogP contribution in [0.1, 0.15) is 25.7 Å². The number of phenolic OH excluding ortho intramolecular Hbond substituents is 2. The summed E-state index contributed by atoms with van der Waals surface area (Å²) in [6.07, 6.45) is 2.47. The average molecular weight is 263 g/mol. The molecule has 0 aliphatic heterocycles. The lowest BCUT2D eigenvalue weighted by molar-refractivity contribution is 0.373. The van der Waals surface area contributed by atoms with E-state index in [1.54, 1.807) is 6.07 Å². The minimum absolute atomic E-state index is 0.163. The lowest BCUT2D eigenvalue weighted by Crippen LogP contribution is -2.14. The Morgan fingerprint density at radius 2 is 2.11 bits per heavy atom. The molecule has 1 heterocycles. The molecule has 0 fully saturated rings. The van der Waals surface area contributed by atoms with Gasteiger partial charge in [0, 0.05) is 18.0 Å². The first-order valence-electron chi connectivity index (χ1n) is 6.17. The molecule has 0 spiro atoms. The zero-order valence-electron chi connectivity index (χ0n) is 10.7. The Kier molecular flexibility index (Phi) is 4.01. The third kappa shape index (κ3) is 3.45. The number of aryl methyl sites for hydroxylation is 1. The maximum atomic E-state index is 9.42. The van der Waals surface area contributed by atoms with Gasteiger partial charge in [0.2, 0.25) is 11.7 Å². The van der Waals surface area contributed by atoms with Crippen molar-refractivity contribution < 1.29 is 14.7 Å². The molecule has 19 heavy (non-hydrogen) atoms. The monoisotopic (exact) mass is 263 g/mol. The second-order valence-electron chi connectivity index (χ2n) is 4.58. The van der Waals surface area contributed by atoms with Crippen molar-refractivity contribution in [2.75, 3.05) is 0 Å². The summed E-state index contributed by atoms with van der Waals surface area (Å²) in [5.41, 5.74) is 6.26. The summed E-state index contributed by atoms with van der Waals surface area (Å²) >= 11 is 0. The van der Waals surface area contributed by atoms with Crippen molar-refractivity contribution in [1.29, 1.82) is 0 Å². The number of nitrogens with two attached hydrogens (primary N) is 1. The quantitative estimate of drug-likeness (QED) is 0.710. The van der Waals surface area contributed by atoms with Crippen molar-refractivity contribution in [3.63, 3.8) is 0 Å². The highest BCUT2D eigenvalue weighted by Gasteiger charge is 2.10. The van der Waals surface area contributed by atoms with Gasteiger partial charge in [0.25, 0.3) is 0 Å². The van der Waals surface area contributed by atoms with E-state index in [0.29, 0.717) is 23.7 Å². The Balaban J connectivity index is 2.05. The topological polar surface area (TPSA) is 105 Å². The highest BCUT2D eigenvalue weighted by Crippen LogP contribution is 2.29. The third-order valence-corrected chi connectivity index (χ3v) is 2.75. The second-order valence-corrected chi connectivity index (χ2v) is 4.58. The lowest BCUT2D eigenvalue weighted by Gasteiger charge is -2.01. The fourth-order valence-corrected chi connectivity index (χ4v) is 1.71. The van der Waals surface area contributed by atoms with Crippen molar-refractivity contribution in [1.82, 2.24) is 10.1 Å². The number of aromatic hydroxyl groups is 2. The first-order valence-corrected chi connectivity index (χ1v) is 6.17. The predicted octanol–water partition coefficient (Wildman–Crippen LogP) is 1.82. The molecule has 0 saturated carbocycles. The van der Waals surface area contributed by atoms with Gasteiger partial charge in [-0.15, -0.1) is 0 Å². The van der Waals surface area contributed by atoms with Gasteiger partial charge < -0.3 is 20.5 Å². The van der Waals surface area contributed by atoms with Crippen molar-refractivity contribution in [2.45, 2.75) is 32.2 Å². The first-order chi connectivity index (χ1) is 9.06. The molecule has 0 bridgehead atoms. The van der Waals surface area contributed by atoms with Crippen LogP contribution in [0, 0.1) is 0 Å². The van der Waals surface area contributed by atoms with Crippen LogP contribution in [-0.4, -0.2) is 26.4 Å².